The van der Waals surface area contributed by atoms with Gasteiger partial charge in [0.2, 0.25) is 5.91 Å². The van der Waals surface area contributed by atoms with Crippen molar-refractivity contribution in [3.8, 4) is 0 Å². The summed E-state index contributed by atoms with van der Waals surface area (Å²) in [6.07, 6.45) is 2.48. The molecule has 7 nitrogen and oxygen atoms in total. The Hall–Kier alpha value is -2.64. The number of rotatable bonds is 6. The molecule has 0 aliphatic carbocycles. The number of nitrogens with one attached hydrogen (secondary N) is 2. The van der Waals surface area contributed by atoms with Crippen LogP contribution < -0.4 is 15.5 Å². The smallest absolute Gasteiger partial charge is 0.231 e. The van der Waals surface area contributed by atoms with E-state index in [1.165, 1.54) is 0 Å². The number of nitrogens with zero attached hydrogens (tertiary/aromatic N) is 4. The van der Waals surface area contributed by atoms with Crippen molar-refractivity contribution in [1.82, 2.24) is 20.2 Å². The van der Waals surface area contributed by atoms with Gasteiger partial charge >= 0.3 is 0 Å². The van der Waals surface area contributed by atoms with E-state index >= 15 is 0 Å². The fourth-order valence-electron chi connectivity index (χ4n) is 4.43. The minimum atomic E-state index is -0.237. The summed E-state index contributed by atoms with van der Waals surface area (Å²) in [7, 11) is 0. The van der Waals surface area contributed by atoms with Gasteiger partial charge in [0.1, 0.15) is 18.0 Å². The Morgan fingerprint density at radius 3 is 2.58 bits per heavy atom. The summed E-state index contributed by atoms with van der Waals surface area (Å²) < 4.78 is 0. The minimum absolute atomic E-state index is 0.154. The first kappa shape index (κ1) is 23.5. The number of amides is 1. The van der Waals surface area contributed by atoms with Crippen LogP contribution in [0.25, 0.3) is 0 Å². The van der Waals surface area contributed by atoms with Crippen LogP contribution >= 0.6 is 11.6 Å². The van der Waals surface area contributed by atoms with Gasteiger partial charge in [0.05, 0.1) is 5.92 Å². The molecule has 2 atom stereocenters. The van der Waals surface area contributed by atoms with Gasteiger partial charge in [-0.25, -0.2) is 9.97 Å². The summed E-state index contributed by atoms with van der Waals surface area (Å²) in [4.78, 5) is 26.8. The first-order valence-corrected chi connectivity index (χ1v) is 12.0. The van der Waals surface area contributed by atoms with Crippen LogP contribution in [0.15, 0.2) is 42.9 Å². The fourth-order valence-corrected chi connectivity index (χ4v) is 4.56. The maximum atomic E-state index is 13.5. The average molecular weight is 469 g/mol. The molecule has 0 saturated carbocycles. The second-order valence-corrected chi connectivity index (χ2v) is 9.70. The normalized spacial score (nSPS) is 19.3. The maximum Gasteiger partial charge on any atom is 0.231 e. The van der Waals surface area contributed by atoms with E-state index in [0.29, 0.717) is 36.6 Å². The number of carbonyl (C=O) groups excluding carboxylic acids is 1. The Labute approximate surface area is 201 Å². The summed E-state index contributed by atoms with van der Waals surface area (Å²) >= 11 is 6.08. The van der Waals surface area contributed by atoms with Gasteiger partial charge in [-0.1, -0.05) is 51.1 Å². The zero-order valence-corrected chi connectivity index (χ0v) is 20.4. The fraction of sp³-hybridized carbons (Fsp3) is 0.480. The molecule has 4 rings (SSSR count). The van der Waals surface area contributed by atoms with E-state index in [1.807, 2.05) is 29.2 Å². The van der Waals surface area contributed by atoms with Gasteiger partial charge in [0.15, 0.2) is 0 Å². The van der Waals surface area contributed by atoms with Crippen LogP contribution in [0.1, 0.15) is 37.8 Å². The lowest BCUT2D eigenvalue weighted by atomic mass is 9.95. The van der Waals surface area contributed by atoms with Gasteiger partial charge in [-0.15, -0.1) is 0 Å². The highest BCUT2D eigenvalue weighted by atomic mass is 35.5. The molecule has 1 fully saturated rings. The lowest BCUT2D eigenvalue weighted by molar-refractivity contribution is -0.133. The highest BCUT2D eigenvalue weighted by molar-refractivity contribution is 6.30. The van der Waals surface area contributed by atoms with Gasteiger partial charge in [0, 0.05) is 55.0 Å². The first-order chi connectivity index (χ1) is 15.8. The number of allylic oxidation sites excluding steroid dienone is 1. The summed E-state index contributed by atoms with van der Waals surface area (Å²) in [6.45, 7) is 13.9. The molecule has 1 aromatic carbocycles. The number of aromatic nitrogens is 2. The summed E-state index contributed by atoms with van der Waals surface area (Å²) in [5, 5.41) is 7.43. The largest absolute Gasteiger partial charge is 0.353 e. The molecule has 2 N–H and O–H groups in total. The molecule has 2 aliphatic heterocycles. The van der Waals surface area contributed by atoms with Gasteiger partial charge in [0.25, 0.3) is 0 Å². The lowest BCUT2D eigenvalue weighted by Crippen LogP contribution is -2.51. The van der Waals surface area contributed by atoms with Crippen LogP contribution in [-0.2, 0) is 11.2 Å². The van der Waals surface area contributed by atoms with E-state index in [1.54, 1.807) is 6.33 Å². The average Bonchev–Trinajstić information content (AvgIpc) is 2.80. The molecule has 1 saturated heterocycles. The Bertz CT molecular complexity index is 1000. The quantitative estimate of drug-likeness (QED) is 0.673. The maximum absolute atomic E-state index is 13.5. The molecule has 1 amide bonds. The molecule has 1 aromatic heterocycles. The van der Waals surface area contributed by atoms with Crippen LogP contribution in [0.2, 0.25) is 5.02 Å². The predicted molar refractivity (Wildman–Crippen MR) is 134 cm³/mol. The van der Waals surface area contributed by atoms with E-state index in [9.17, 15) is 4.79 Å². The monoisotopic (exact) mass is 468 g/mol. The molecule has 176 valence electrons. The van der Waals surface area contributed by atoms with Crippen molar-refractivity contribution in [3.63, 3.8) is 0 Å². The molecule has 2 aliphatic rings. The van der Waals surface area contributed by atoms with Crippen LogP contribution in [0, 0.1) is 5.92 Å². The number of hydrogen-bond acceptors (Lipinski definition) is 6. The van der Waals surface area contributed by atoms with Gasteiger partial charge in [-0.2, -0.15) is 0 Å². The third-order valence-electron chi connectivity index (χ3n) is 6.50. The van der Waals surface area contributed by atoms with Gasteiger partial charge < -0.3 is 20.4 Å². The molecule has 1 unspecified atom stereocenters. The van der Waals surface area contributed by atoms with Crippen LogP contribution in [-0.4, -0.2) is 59.5 Å². The highest BCUT2D eigenvalue weighted by Crippen LogP contribution is 2.34. The Balaban J connectivity index is 1.46. The minimum Gasteiger partial charge on any atom is -0.353 e. The van der Waals surface area contributed by atoms with E-state index in [0.717, 1.165) is 48.0 Å². The van der Waals surface area contributed by atoms with E-state index in [4.69, 9.17) is 11.6 Å². The molecule has 0 spiro atoms. The Morgan fingerprint density at radius 2 is 1.91 bits per heavy atom. The van der Waals surface area contributed by atoms with Crippen LogP contribution in [0.4, 0.5) is 11.6 Å². The zero-order valence-electron chi connectivity index (χ0n) is 19.6. The summed E-state index contributed by atoms with van der Waals surface area (Å²) in [6, 6.07) is 7.93. The van der Waals surface area contributed by atoms with Gasteiger partial charge in [-0.05, 0) is 30.0 Å². The zero-order chi connectivity index (χ0) is 23.5. The third-order valence-corrected chi connectivity index (χ3v) is 6.75. The van der Waals surface area contributed by atoms with Crippen LogP contribution in [0.5, 0.6) is 0 Å². The molecule has 3 heterocycles. The van der Waals surface area contributed by atoms with Gasteiger partial charge in [-0.3, -0.25) is 4.79 Å². The standard InChI is InChI=1S/C25H33ClN6O/c1-16(2)27-14-22(19-5-7-20(26)8-6-19)25(33)32-11-9-31(10-12-32)24-21-13-17(3)18(4)30-23(21)28-15-29-24/h5-8,15-17,22,27H,4,9-14H2,1-3H3,(H,28,29,30)/t17?,22-/m1/s1. The van der Waals surface area contributed by atoms with Crippen molar-refractivity contribution in [2.24, 2.45) is 5.92 Å². The highest BCUT2D eigenvalue weighted by Gasteiger charge is 2.31. The molecular formula is C25H33ClN6O. The predicted octanol–water partition coefficient (Wildman–Crippen LogP) is 3.68. The number of carbonyl (C=O) groups is 1. The third kappa shape index (κ3) is 5.31. The van der Waals surface area contributed by atoms with E-state index < -0.39 is 0 Å². The van der Waals surface area contributed by atoms with Crippen molar-refractivity contribution >= 4 is 29.1 Å². The van der Waals surface area contributed by atoms with Crippen molar-refractivity contribution in [1.29, 1.82) is 0 Å². The number of hydrogen-bond donors (Lipinski definition) is 2. The molecule has 0 radical (unpaired) electrons. The molecule has 2 aromatic rings. The molecule has 0 bridgehead atoms. The topological polar surface area (TPSA) is 73.4 Å². The first-order valence-electron chi connectivity index (χ1n) is 11.7. The van der Waals surface area contributed by atoms with Crippen LogP contribution in [0.3, 0.4) is 0 Å². The number of benzene rings is 1. The van der Waals surface area contributed by atoms with Crippen molar-refractivity contribution in [3.05, 3.63) is 59.0 Å². The number of piperazine rings is 1. The van der Waals surface area contributed by atoms with E-state index in [2.05, 4.69) is 52.9 Å². The lowest BCUT2D eigenvalue weighted by Gasteiger charge is -2.38. The van der Waals surface area contributed by atoms with Crippen molar-refractivity contribution in [2.75, 3.05) is 42.9 Å². The molecule has 8 heteroatoms. The molecule has 33 heavy (non-hydrogen) atoms. The molecular weight excluding hydrogens is 436 g/mol. The Morgan fingerprint density at radius 1 is 1.21 bits per heavy atom. The summed E-state index contributed by atoms with van der Waals surface area (Å²) in [5.74, 6) is 2.07. The number of fused-ring (bicyclic) bond motifs is 1. The second kappa shape index (κ2) is 10.1. The SMILES string of the molecule is C=C1Nc2ncnc(N3CCN(C(=O)[C@H](CNC(C)C)c4ccc(Cl)cc4)CC3)c2CC1C. The summed E-state index contributed by atoms with van der Waals surface area (Å²) in [5.41, 5.74) is 3.12. The van der Waals surface area contributed by atoms with Crippen molar-refractivity contribution < 1.29 is 4.79 Å². The number of halogens is 1. The second-order valence-electron chi connectivity index (χ2n) is 9.26. The number of anilines is 2. The van der Waals surface area contributed by atoms with E-state index in [-0.39, 0.29) is 11.8 Å². The Kier molecular flexibility index (Phi) is 7.20. The van der Waals surface area contributed by atoms with Crippen molar-refractivity contribution in [2.45, 2.75) is 39.2 Å².